The highest BCUT2D eigenvalue weighted by molar-refractivity contribution is 6.48. The van der Waals surface area contributed by atoms with Gasteiger partial charge in [-0.3, -0.25) is 0 Å². The van der Waals surface area contributed by atoms with Gasteiger partial charge in [-0.25, -0.2) is 0 Å². The summed E-state index contributed by atoms with van der Waals surface area (Å²) in [6.07, 6.45) is 4.68. The molecule has 102 heavy (non-hydrogen) atoms. The molecule has 2 nitrogen and oxygen atoms in total. The summed E-state index contributed by atoms with van der Waals surface area (Å²) in [6.45, 7) is 27.2. The third-order valence-corrected chi connectivity index (χ3v) is 21.6. The predicted octanol–water partition coefficient (Wildman–Crippen LogP) is 28.4. The van der Waals surface area contributed by atoms with Crippen molar-refractivity contribution in [1.29, 1.82) is 0 Å². The van der Waals surface area contributed by atoms with Gasteiger partial charge in [-0.1, -0.05) is 269 Å². The van der Waals surface area contributed by atoms with Crippen LogP contribution in [0, 0.1) is 41.5 Å². The summed E-state index contributed by atoms with van der Waals surface area (Å²) in [6, 6.07) is 107. The van der Waals surface area contributed by atoms with Crippen LogP contribution >= 0.6 is 0 Å². The second-order valence-electron chi connectivity index (χ2n) is 31.0. The number of hydrogen-bond donors (Lipinski definition) is 0. The Kier molecular flexibility index (Phi) is 15.4. The van der Waals surface area contributed by atoms with Crippen LogP contribution in [0.4, 0.5) is 34.1 Å². The van der Waals surface area contributed by atoms with Gasteiger partial charge < -0.3 is 9.80 Å². The van der Waals surface area contributed by atoms with Crippen molar-refractivity contribution in [2.75, 3.05) is 9.80 Å². The van der Waals surface area contributed by atoms with Crippen LogP contribution in [0.25, 0.3) is 109 Å². The molecule has 0 unspecified atom stereocenters. The van der Waals surface area contributed by atoms with Crippen LogP contribution in [0.3, 0.4) is 0 Å². The number of hydrogen-bond acceptors (Lipinski definition) is 2. The Morgan fingerprint density at radius 2 is 0.490 bits per heavy atom. The van der Waals surface area contributed by atoms with Gasteiger partial charge in [0, 0.05) is 34.1 Å². The predicted molar refractivity (Wildman–Crippen MR) is 444 cm³/mol. The fourth-order valence-corrected chi connectivity index (χ4v) is 15.9. The lowest BCUT2D eigenvalue weighted by molar-refractivity contribution is 0.591. The Morgan fingerprint density at radius 3 is 0.804 bits per heavy atom. The summed E-state index contributed by atoms with van der Waals surface area (Å²) in [5.74, 6) is 0. The van der Waals surface area contributed by atoms with Crippen LogP contribution in [0.1, 0.15) is 119 Å². The normalized spacial score (nSPS) is 12.6. The average Bonchev–Trinajstić information content (AvgIpc) is 0.676. The van der Waals surface area contributed by atoms with E-state index in [1.54, 1.807) is 0 Å². The van der Waals surface area contributed by atoms with E-state index in [1.807, 2.05) is 0 Å². The van der Waals surface area contributed by atoms with E-state index in [2.05, 4.69) is 384 Å². The van der Waals surface area contributed by atoms with E-state index >= 15 is 0 Å². The molecule has 0 aliphatic rings. The molecule has 0 fully saturated rings. The van der Waals surface area contributed by atoms with Gasteiger partial charge in [0.15, 0.2) is 0 Å². The molecule has 0 saturated heterocycles. The van der Waals surface area contributed by atoms with Crippen LogP contribution < -0.4 is 9.80 Å². The molecule has 0 bridgehead atoms. The van der Waals surface area contributed by atoms with Crippen LogP contribution in [0.15, 0.2) is 279 Å². The standard InChI is InChI=1S/C100H84N2/c1-61-19-31-67(32-20-61)51-85(69-35-23-63(3)24-36-69)71-39-47-79(48-40-71)101(77-43-27-65(5)28-44-77)81-57-89-87-55-75(99(7,8)9)53-73-15-14-18-84(93(73)87)96-92-60-82(58-90-88-56-76(100(10,11)12)54-74-16-13-17-83(94(74)88)95(98(90)92)91(59-81)97(89)96)102(78-45-29-66(6)30-46-78)80-49-41-72(42-50-80)86(70-37-25-64(4)26-38-70)52-68-33-21-62(2)22-34-68/h13-60H,1-12H3. The summed E-state index contributed by atoms with van der Waals surface area (Å²) in [7, 11) is 0. The van der Waals surface area contributed by atoms with Gasteiger partial charge in [0.25, 0.3) is 0 Å². The number of aryl methyl sites for hydroxylation is 6. The summed E-state index contributed by atoms with van der Waals surface area (Å²) in [5.41, 5.74) is 25.7. The first-order valence-electron chi connectivity index (χ1n) is 36.2. The molecule has 494 valence electrons. The van der Waals surface area contributed by atoms with Gasteiger partial charge in [0.1, 0.15) is 0 Å². The van der Waals surface area contributed by atoms with Crippen LogP contribution in [0.2, 0.25) is 0 Å². The summed E-state index contributed by atoms with van der Waals surface area (Å²) in [4.78, 5) is 5.03. The highest BCUT2D eigenvalue weighted by atomic mass is 15.1. The van der Waals surface area contributed by atoms with Crippen molar-refractivity contribution in [1.82, 2.24) is 0 Å². The molecule has 2 heteroatoms. The molecule has 0 heterocycles. The summed E-state index contributed by atoms with van der Waals surface area (Å²) in [5, 5.41) is 20.2. The Morgan fingerprint density at radius 1 is 0.235 bits per heavy atom. The lowest BCUT2D eigenvalue weighted by Crippen LogP contribution is -2.12. The maximum absolute atomic E-state index is 2.56. The first kappa shape index (κ1) is 63.8. The minimum atomic E-state index is -0.125. The van der Waals surface area contributed by atoms with Crippen LogP contribution in [-0.4, -0.2) is 0 Å². The van der Waals surface area contributed by atoms with Crippen LogP contribution in [-0.2, 0) is 10.8 Å². The number of rotatable bonds is 12. The van der Waals surface area contributed by atoms with E-state index in [0.29, 0.717) is 0 Å². The first-order valence-corrected chi connectivity index (χ1v) is 36.2. The van der Waals surface area contributed by atoms with Crippen molar-refractivity contribution in [3.05, 3.63) is 357 Å². The Labute approximate surface area is 600 Å². The minimum absolute atomic E-state index is 0.125. The molecule has 0 aliphatic heterocycles. The molecule has 0 saturated carbocycles. The summed E-state index contributed by atoms with van der Waals surface area (Å²) < 4.78 is 0. The maximum atomic E-state index is 2.56. The van der Waals surface area contributed by atoms with Gasteiger partial charge >= 0.3 is 0 Å². The van der Waals surface area contributed by atoms with E-state index in [1.165, 1.54) is 164 Å². The van der Waals surface area contributed by atoms with E-state index in [-0.39, 0.29) is 10.8 Å². The lowest BCUT2D eigenvalue weighted by atomic mass is 9.78. The molecule has 17 aromatic rings. The Balaban J connectivity index is 0.976. The van der Waals surface area contributed by atoms with E-state index in [0.717, 1.165) is 45.3 Å². The number of anilines is 6. The highest BCUT2D eigenvalue weighted by Gasteiger charge is 2.29. The number of fused-ring (bicyclic) bond motifs is 6. The molecular formula is C100H84N2. The van der Waals surface area contributed by atoms with Crippen molar-refractivity contribution in [2.24, 2.45) is 0 Å². The lowest BCUT2D eigenvalue weighted by Gasteiger charge is -2.30. The molecule has 17 rings (SSSR count). The van der Waals surface area contributed by atoms with Crippen LogP contribution in [0.5, 0.6) is 0 Å². The second-order valence-corrected chi connectivity index (χ2v) is 31.0. The van der Waals surface area contributed by atoms with E-state index in [9.17, 15) is 0 Å². The van der Waals surface area contributed by atoms with Crippen molar-refractivity contribution in [3.63, 3.8) is 0 Å². The summed E-state index contributed by atoms with van der Waals surface area (Å²) >= 11 is 0. The largest absolute Gasteiger partial charge is 0.310 e. The quantitative estimate of drug-likeness (QED) is 0.0683. The third kappa shape index (κ3) is 11.3. The number of benzene rings is 17. The SMILES string of the molecule is Cc1ccc(C=C(c2ccc(C)cc2)c2ccc(N(c3ccc(C)cc3)c3cc4c5cc(C(C)(C)C)cc6cccc(c65)c5c6cc(N(c7ccc(C)cc7)c7ccc(C(=Cc8ccc(C)cc8)c8ccc(C)cc8)cc7)cc7c8cc(C(C)(C)C)cc9cccc(c98)c(c(c3)c45)c76)cc2)cc1. The molecule has 0 amide bonds. The van der Waals surface area contributed by atoms with E-state index < -0.39 is 0 Å². The van der Waals surface area contributed by atoms with Crippen molar-refractivity contribution in [3.8, 4) is 0 Å². The maximum Gasteiger partial charge on any atom is 0.0474 e. The smallest absolute Gasteiger partial charge is 0.0474 e. The zero-order chi connectivity index (χ0) is 70.0. The van der Waals surface area contributed by atoms with Gasteiger partial charge in [-0.2, -0.15) is 0 Å². The van der Waals surface area contributed by atoms with Gasteiger partial charge in [-0.15, -0.1) is 0 Å². The fourth-order valence-electron chi connectivity index (χ4n) is 15.9. The van der Waals surface area contributed by atoms with Crippen molar-refractivity contribution >= 4 is 144 Å². The van der Waals surface area contributed by atoms with Gasteiger partial charge in [0.2, 0.25) is 0 Å². The number of nitrogens with zero attached hydrogens (tertiary/aromatic N) is 2. The zero-order valence-electron chi connectivity index (χ0n) is 60.6. The second kappa shape index (κ2) is 24.6. The third-order valence-electron chi connectivity index (χ3n) is 21.6. The van der Waals surface area contributed by atoms with Gasteiger partial charge in [-0.05, 0) is 291 Å². The molecule has 0 aliphatic carbocycles. The molecule has 0 N–H and O–H groups in total. The zero-order valence-corrected chi connectivity index (χ0v) is 60.6. The molecule has 0 radical (unpaired) electrons. The van der Waals surface area contributed by atoms with Gasteiger partial charge in [0.05, 0.1) is 0 Å². The molecule has 17 aromatic carbocycles. The fraction of sp³-hybridized carbons (Fsp3) is 0.140. The molecule has 0 atom stereocenters. The Bertz CT molecular complexity index is 5770. The Hall–Kier alpha value is -11.6. The van der Waals surface area contributed by atoms with E-state index in [4.69, 9.17) is 0 Å². The van der Waals surface area contributed by atoms with Crippen molar-refractivity contribution < 1.29 is 0 Å². The first-order chi connectivity index (χ1) is 49.2. The average molecular weight is 1310 g/mol. The monoisotopic (exact) mass is 1310 g/mol. The van der Waals surface area contributed by atoms with Crippen molar-refractivity contribution in [2.45, 2.75) is 93.9 Å². The topological polar surface area (TPSA) is 6.48 Å². The molecule has 0 spiro atoms. The molecule has 0 aromatic heterocycles. The minimum Gasteiger partial charge on any atom is -0.310 e. The molecular weight excluding hydrogens is 1230 g/mol. The highest BCUT2D eigenvalue weighted by Crippen LogP contribution is 2.55.